The van der Waals surface area contributed by atoms with Crippen molar-refractivity contribution in [3.8, 4) is 11.8 Å². The molecule has 0 aromatic heterocycles. The summed E-state index contributed by atoms with van der Waals surface area (Å²) in [5.74, 6) is 8.35. The van der Waals surface area contributed by atoms with Gasteiger partial charge >= 0.3 is 0 Å². The van der Waals surface area contributed by atoms with Gasteiger partial charge in [-0.2, -0.15) is 0 Å². The van der Waals surface area contributed by atoms with Crippen LogP contribution < -0.4 is 5.32 Å². The Bertz CT molecular complexity index is 1130. The van der Waals surface area contributed by atoms with E-state index in [1.54, 1.807) is 6.08 Å². The summed E-state index contributed by atoms with van der Waals surface area (Å²) in [5.41, 5.74) is 1.83. The van der Waals surface area contributed by atoms with Crippen LogP contribution in [-0.4, -0.2) is 33.7 Å². The van der Waals surface area contributed by atoms with Crippen LogP contribution in [0.3, 0.4) is 0 Å². The molecule has 3 fully saturated rings. The van der Waals surface area contributed by atoms with E-state index >= 15 is 0 Å². The molecule has 1 aromatic carbocycles. The molecule has 4 aliphatic rings. The number of hydrogen-bond donors (Lipinski definition) is 3. The lowest BCUT2D eigenvalue weighted by molar-refractivity contribution is -0.119. The summed E-state index contributed by atoms with van der Waals surface area (Å²) in [6.07, 6.45) is 5.76. The van der Waals surface area contributed by atoms with Gasteiger partial charge in [0.05, 0.1) is 6.10 Å². The second kappa shape index (κ2) is 9.28. The van der Waals surface area contributed by atoms with Crippen LogP contribution in [0.4, 0.5) is 5.69 Å². The fourth-order valence-electron chi connectivity index (χ4n) is 8.32. The first-order valence-corrected chi connectivity index (χ1v) is 14.4. The molecule has 3 saturated carbocycles. The van der Waals surface area contributed by atoms with Crippen LogP contribution in [0.5, 0.6) is 0 Å². The summed E-state index contributed by atoms with van der Waals surface area (Å²) in [5, 5.41) is 26.9. The van der Waals surface area contributed by atoms with Crippen molar-refractivity contribution in [2.45, 2.75) is 104 Å². The number of ketones is 1. The predicted octanol–water partition coefficient (Wildman–Crippen LogP) is 6.09. The largest absolute Gasteiger partial charge is 0.389 e. The van der Waals surface area contributed by atoms with E-state index in [-0.39, 0.29) is 28.4 Å². The van der Waals surface area contributed by atoms with Gasteiger partial charge in [0.1, 0.15) is 5.60 Å². The minimum atomic E-state index is -1.03. The molecule has 0 amide bonds. The third-order valence-electron chi connectivity index (χ3n) is 9.94. The highest BCUT2D eigenvalue weighted by atomic mass is 16.3. The van der Waals surface area contributed by atoms with E-state index in [1.165, 1.54) is 5.56 Å². The van der Waals surface area contributed by atoms with Crippen LogP contribution in [0.1, 0.15) is 91.5 Å². The molecular formula is C33H45NO3. The van der Waals surface area contributed by atoms with Crippen LogP contribution in [0, 0.1) is 46.3 Å². The summed E-state index contributed by atoms with van der Waals surface area (Å²) in [6, 6.07) is 9.24. The molecule has 8 atom stereocenters. The molecular weight excluding hydrogens is 458 g/mol. The van der Waals surface area contributed by atoms with Crippen LogP contribution in [-0.2, 0) is 4.79 Å². The maximum absolute atomic E-state index is 12.3. The highest BCUT2D eigenvalue weighted by Crippen LogP contribution is 2.68. The van der Waals surface area contributed by atoms with E-state index in [0.717, 1.165) is 30.5 Å². The number of aliphatic hydroxyl groups is 2. The van der Waals surface area contributed by atoms with Gasteiger partial charge in [-0.3, -0.25) is 4.79 Å². The van der Waals surface area contributed by atoms with Gasteiger partial charge in [0.15, 0.2) is 5.78 Å². The van der Waals surface area contributed by atoms with Crippen molar-refractivity contribution in [2.24, 2.45) is 34.5 Å². The minimum absolute atomic E-state index is 0.151. The Balaban J connectivity index is 1.59. The lowest BCUT2D eigenvalue weighted by atomic mass is 9.46. The highest BCUT2D eigenvalue weighted by Gasteiger charge is 2.65. The molecule has 3 N–H and O–H groups in total. The van der Waals surface area contributed by atoms with E-state index in [9.17, 15) is 15.0 Å². The third kappa shape index (κ3) is 4.68. The van der Waals surface area contributed by atoms with Gasteiger partial charge in [-0.15, -0.1) is 0 Å². The Morgan fingerprint density at radius 1 is 1.11 bits per heavy atom. The zero-order valence-electron chi connectivity index (χ0n) is 23.5. The van der Waals surface area contributed by atoms with Gasteiger partial charge in [-0.05, 0) is 126 Å². The molecule has 4 aliphatic carbocycles. The van der Waals surface area contributed by atoms with E-state index in [4.69, 9.17) is 0 Å². The second-order valence-corrected chi connectivity index (χ2v) is 13.9. The van der Waals surface area contributed by atoms with E-state index in [0.29, 0.717) is 43.1 Å². The number of rotatable bonds is 3. The van der Waals surface area contributed by atoms with E-state index < -0.39 is 11.7 Å². The molecule has 0 unspecified atom stereocenters. The molecule has 37 heavy (non-hydrogen) atoms. The Labute approximate surface area is 223 Å². The Morgan fingerprint density at radius 3 is 2.46 bits per heavy atom. The monoisotopic (exact) mass is 503 g/mol. The Morgan fingerprint density at radius 2 is 1.81 bits per heavy atom. The molecule has 4 nitrogen and oxygen atoms in total. The number of fused-ring (bicyclic) bond motifs is 5. The lowest BCUT2D eigenvalue weighted by Gasteiger charge is -2.59. The van der Waals surface area contributed by atoms with Gasteiger partial charge in [-0.25, -0.2) is 0 Å². The number of hydrogen-bond acceptors (Lipinski definition) is 4. The van der Waals surface area contributed by atoms with E-state index in [2.05, 4.69) is 83.0 Å². The first kappa shape index (κ1) is 26.5. The number of anilines is 1. The predicted molar refractivity (Wildman–Crippen MR) is 149 cm³/mol. The molecule has 0 spiro atoms. The van der Waals surface area contributed by atoms with Gasteiger partial charge in [0, 0.05) is 29.0 Å². The second-order valence-electron chi connectivity index (χ2n) is 13.9. The third-order valence-corrected chi connectivity index (χ3v) is 9.94. The fourth-order valence-corrected chi connectivity index (χ4v) is 8.32. The highest BCUT2D eigenvalue weighted by molar-refractivity contribution is 5.91. The van der Waals surface area contributed by atoms with Crippen LogP contribution in [0.15, 0.2) is 35.9 Å². The summed E-state index contributed by atoms with van der Waals surface area (Å²) in [4.78, 5) is 12.3. The smallest absolute Gasteiger partial charge is 0.155 e. The van der Waals surface area contributed by atoms with Crippen molar-refractivity contribution >= 4 is 11.5 Å². The molecule has 0 aliphatic heterocycles. The first-order valence-electron chi connectivity index (χ1n) is 14.4. The van der Waals surface area contributed by atoms with E-state index in [1.807, 2.05) is 0 Å². The summed E-state index contributed by atoms with van der Waals surface area (Å²) in [7, 11) is 0. The standard InChI is InChI=1S/C33H45NO3/c1-20(2)34-22-9-7-21(8-10-22)27-19-32(6)28(13-14-33(32,37)16-15-31(3,4)5)26-18-29(36)25-17-23(35)11-12-24(25)30(26)27/h7-10,17,20,24,26-30,34,36-37H,11-14,18-19H2,1-6H3/t24-,26-,27+,28-,29+,30+,32-,33+/m0/s1. The van der Waals surface area contributed by atoms with Crippen molar-refractivity contribution < 1.29 is 15.0 Å². The average Bonchev–Trinajstić information content (AvgIpc) is 3.08. The van der Waals surface area contributed by atoms with Crippen molar-refractivity contribution in [1.29, 1.82) is 0 Å². The Kier molecular flexibility index (Phi) is 6.65. The summed E-state index contributed by atoms with van der Waals surface area (Å²) >= 11 is 0. The van der Waals surface area contributed by atoms with Gasteiger partial charge in [-0.1, -0.05) is 30.9 Å². The average molecular weight is 504 g/mol. The molecule has 0 bridgehead atoms. The molecule has 1 aromatic rings. The molecule has 0 heterocycles. The number of carbonyl (C=O) groups is 1. The Hall–Kier alpha value is -2.09. The minimum Gasteiger partial charge on any atom is -0.389 e. The lowest BCUT2D eigenvalue weighted by Crippen LogP contribution is -2.56. The molecule has 0 radical (unpaired) electrons. The van der Waals surface area contributed by atoms with Crippen LogP contribution in [0.25, 0.3) is 0 Å². The number of benzene rings is 1. The normalized spacial score (nSPS) is 39.2. The van der Waals surface area contributed by atoms with Crippen molar-refractivity contribution in [3.63, 3.8) is 0 Å². The van der Waals surface area contributed by atoms with Crippen molar-refractivity contribution in [3.05, 3.63) is 41.5 Å². The van der Waals surface area contributed by atoms with Crippen molar-refractivity contribution in [2.75, 3.05) is 5.32 Å². The molecule has 4 heteroatoms. The number of nitrogens with one attached hydrogen (secondary N) is 1. The van der Waals surface area contributed by atoms with Crippen molar-refractivity contribution in [1.82, 2.24) is 0 Å². The first-order chi connectivity index (χ1) is 17.3. The molecule has 200 valence electrons. The fraction of sp³-hybridized carbons (Fsp3) is 0.667. The number of carbonyl (C=O) groups excluding carboxylic acids is 1. The van der Waals surface area contributed by atoms with Gasteiger partial charge in [0.2, 0.25) is 0 Å². The van der Waals surface area contributed by atoms with Gasteiger partial charge in [0.25, 0.3) is 0 Å². The molecule has 5 rings (SSSR count). The maximum atomic E-state index is 12.3. The number of aliphatic hydroxyl groups excluding tert-OH is 1. The topological polar surface area (TPSA) is 69.6 Å². The molecule has 0 saturated heterocycles. The summed E-state index contributed by atoms with van der Waals surface area (Å²) in [6.45, 7) is 12.8. The summed E-state index contributed by atoms with van der Waals surface area (Å²) < 4.78 is 0. The van der Waals surface area contributed by atoms with Gasteiger partial charge < -0.3 is 15.5 Å². The van der Waals surface area contributed by atoms with Crippen LogP contribution >= 0.6 is 0 Å². The zero-order valence-corrected chi connectivity index (χ0v) is 23.5. The zero-order chi connectivity index (χ0) is 26.8. The SMILES string of the molecule is CC(C)Nc1ccc([C@H]2C[C@@]3(C)[C@@H](CC[C@@]3(O)C#CC(C)(C)C)[C@@H]3C[C@@H](O)C4=CC(=O)CC[C@@H]4[C@H]32)cc1. The maximum Gasteiger partial charge on any atom is 0.155 e. The van der Waals surface area contributed by atoms with Crippen LogP contribution in [0.2, 0.25) is 0 Å². The quantitative estimate of drug-likeness (QED) is 0.436.